The summed E-state index contributed by atoms with van der Waals surface area (Å²) in [6.45, 7) is 2.80. The summed E-state index contributed by atoms with van der Waals surface area (Å²) in [5.41, 5.74) is 2.90. The third-order valence-corrected chi connectivity index (χ3v) is 7.00. The Bertz CT molecular complexity index is 1550. The number of nitrogens with one attached hydrogen (secondary N) is 1. The Morgan fingerprint density at radius 3 is 2.44 bits per heavy atom. The summed E-state index contributed by atoms with van der Waals surface area (Å²) in [6, 6.07) is 10.8. The van der Waals surface area contributed by atoms with Crippen LogP contribution >= 0.6 is 11.6 Å². The third kappa shape index (κ3) is 7.23. The van der Waals surface area contributed by atoms with Crippen molar-refractivity contribution >= 4 is 34.8 Å². The molecule has 1 amide bonds. The van der Waals surface area contributed by atoms with Crippen molar-refractivity contribution in [3.8, 4) is 22.6 Å². The molecule has 0 radical (unpaired) electrons. The van der Waals surface area contributed by atoms with E-state index in [0.717, 1.165) is 21.7 Å². The molecule has 3 heterocycles. The quantitative estimate of drug-likeness (QED) is 0.292. The summed E-state index contributed by atoms with van der Waals surface area (Å²) in [5, 5.41) is 14.7. The fourth-order valence-corrected chi connectivity index (χ4v) is 4.71. The lowest BCUT2D eigenvalue weighted by Gasteiger charge is -2.36. The highest BCUT2D eigenvalue weighted by Crippen LogP contribution is 2.34. The normalized spacial score (nSPS) is 14.4. The number of aromatic nitrogens is 6. The van der Waals surface area contributed by atoms with Gasteiger partial charge in [-0.3, -0.25) is 4.79 Å². The molecule has 12 nitrogen and oxygen atoms in total. The van der Waals surface area contributed by atoms with E-state index in [1.807, 2.05) is 30.0 Å². The van der Waals surface area contributed by atoms with Gasteiger partial charge in [-0.25, -0.2) is 14.6 Å². The topological polar surface area (TPSA) is 123 Å². The summed E-state index contributed by atoms with van der Waals surface area (Å²) in [6.07, 6.45) is -0.290. The molecule has 0 spiro atoms. The molecule has 16 heteroatoms. The van der Waals surface area contributed by atoms with Crippen molar-refractivity contribution in [2.45, 2.75) is 25.7 Å². The highest BCUT2D eigenvalue weighted by Gasteiger charge is 2.43. The molecule has 1 fully saturated rings. The van der Waals surface area contributed by atoms with Crippen LogP contribution in [0.25, 0.3) is 11.1 Å². The van der Waals surface area contributed by atoms with E-state index in [2.05, 4.69) is 30.8 Å². The molecule has 4 aromatic rings. The van der Waals surface area contributed by atoms with E-state index in [1.165, 1.54) is 13.4 Å². The average Bonchev–Trinajstić information content (AvgIpc) is 3.51. The van der Waals surface area contributed by atoms with Crippen LogP contribution in [-0.2, 0) is 11.3 Å². The molecule has 226 valence electrons. The van der Waals surface area contributed by atoms with Crippen molar-refractivity contribution in [3.63, 3.8) is 0 Å². The van der Waals surface area contributed by atoms with Crippen molar-refractivity contribution < 1.29 is 27.4 Å². The Morgan fingerprint density at radius 1 is 1.05 bits per heavy atom. The molecule has 5 rings (SSSR count). The van der Waals surface area contributed by atoms with Crippen molar-refractivity contribution in [1.82, 2.24) is 35.1 Å². The van der Waals surface area contributed by atoms with Crippen molar-refractivity contribution in [1.29, 1.82) is 0 Å². The van der Waals surface area contributed by atoms with Crippen LogP contribution in [0.15, 0.2) is 55.1 Å². The van der Waals surface area contributed by atoms with Gasteiger partial charge in [0.1, 0.15) is 23.9 Å². The smallest absolute Gasteiger partial charge is 0.471 e. The average molecular weight is 618 g/mol. The molecule has 2 aromatic heterocycles. The Morgan fingerprint density at radius 2 is 1.79 bits per heavy atom. The van der Waals surface area contributed by atoms with Gasteiger partial charge in [0.25, 0.3) is 0 Å². The number of benzene rings is 2. The highest BCUT2D eigenvalue weighted by molar-refractivity contribution is 6.32. The van der Waals surface area contributed by atoms with E-state index in [1.54, 1.807) is 35.3 Å². The zero-order valence-corrected chi connectivity index (χ0v) is 23.9. The molecule has 2 aromatic carbocycles. The first-order chi connectivity index (χ1) is 20.6. The molecule has 1 unspecified atom stereocenters. The van der Waals surface area contributed by atoms with E-state index >= 15 is 0 Å². The van der Waals surface area contributed by atoms with Gasteiger partial charge in [-0.05, 0) is 47.2 Å². The first-order valence-electron chi connectivity index (χ1n) is 13.2. The molecule has 43 heavy (non-hydrogen) atoms. The van der Waals surface area contributed by atoms with E-state index in [-0.39, 0.29) is 32.3 Å². The molecule has 1 aliphatic heterocycles. The van der Waals surface area contributed by atoms with Crippen LogP contribution in [0.1, 0.15) is 6.92 Å². The molecular weight excluding hydrogens is 591 g/mol. The second-order valence-electron chi connectivity index (χ2n) is 9.69. The van der Waals surface area contributed by atoms with Gasteiger partial charge in [0.05, 0.1) is 24.4 Å². The van der Waals surface area contributed by atoms with Crippen LogP contribution in [0.3, 0.4) is 0 Å². The van der Waals surface area contributed by atoms with Crippen molar-refractivity contribution in [2.24, 2.45) is 0 Å². The summed E-state index contributed by atoms with van der Waals surface area (Å²) >= 11 is 6.36. The minimum atomic E-state index is -4.87. The number of piperazine rings is 1. The monoisotopic (exact) mass is 617 g/mol. The number of hydrogen-bond acceptors (Lipinski definition) is 10. The van der Waals surface area contributed by atoms with E-state index in [9.17, 15) is 18.0 Å². The van der Waals surface area contributed by atoms with Crippen LogP contribution < -0.4 is 19.7 Å². The van der Waals surface area contributed by atoms with Gasteiger partial charge >= 0.3 is 12.1 Å². The lowest BCUT2D eigenvalue weighted by Crippen LogP contribution is -2.52. The number of tetrazole rings is 1. The molecule has 1 N–H and O–H groups in total. The van der Waals surface area contributed by atoms with E-state index < -0.39 is 12.1 Å². The Hall–Kier alpha value is -4.66. The van der Waals surface area contributed by atoms with Crippen LogP contribution in [0, 0.1) is 0 Å². The first-order valence-corrected chi connectivity index (χ1v) is 13.5. The van der Waals surface area contributed by atoms with Gasteiger partial charge in [0, 0.05) is 55.9 Å². The minimum Gasteiger partial charge on any atom is -0.494 e. The molecular formula is C27H27ClF3N9O3. The zero-order chi connectivity index (χ0) is 30.6. The number of alkyl halides is 3. The summed E-state index contributed by atoms with van der Waals surface area (Å²) in [7, 11) is 1.51. The van der Waals surface area contributed by atoms with Crippen LogP contribution in [0.5, 0.6) is 11.5 Å². The van der Waals surface area contributed by atoms with Gasteiger partial charge in [-0.15, -0.1) is 5.10 Å². The van der Waals surface area contributed by atoms with Gasteiger partial charge in [0.15, 0.2) is 0 Å². The fraction of sp³-hybridized carbons (Fsp3) is 0.333. The third-order valence-electron chi connectivity index (χ3n) is 6.69. The van der Waals surface area contributed by atoms with Crippen molar-refractivity contribution in [2.75, 3.05) is 43.5 Å². The number of ether oxygens (including phenoxy) is 2. The maximum absolute atomic E-state index is 12.8. The number of rotatable bonds is 9. The molecule has 0 saturated carbocycles. The molecule has 1 aliphatic rings. The minimum absolute atomic E-state index is 0.0260. The number of halogens is 4. The van der Waals surface area contributed by atoms with Crippen LogP contribution in [-0.4, -0.2) is 86.6 Å². The predicted octanol–water partition coefficient (Wildman–Crippen LogP) is 4.21. The van der Waals surface area contributed by atoms with E-state index in [0.29, 0.717) is 34.7 Å². The highest BCUT2D eigenvalue weighted by atomic mass is 35.5. The molecule has 1 saturated heterocycles. The summed E-state index contributed by atoms with van der Waals surface area (Å²) < 4.78 is 51.4. The lowest BCUT2D eigenvalue weighted by atomic mass is 10.1. The largest absolute Gasteiger partial charge is 0.494 e. The second-order valence-corrected chi connectivity index (χ2v) is 10.1. The molecule has 1 atom stereocenters. The summed E-state index contributed by atoms with van der Waals surface area (Å²) in [5.74, 6) is -0.490. The van der Waals surface area contributed by atoms with Crippen molar-refractivity contribution in [3.05, 3.63) is 60.1 Å². The van der Waals surface area contributed by atoms with Gasteiger partial charge in [0.2, 0.25) is 5.95 Å². The van der Waals surface area contributed by atoms with Gasteiger partial charge < -0.3 is 24.6 Å². The SMILES string of the molecule is COc1cc(N2CCN(C(=O)C(F)(F)F)CC2)ccc1Nc1ncc(-c2ccc(Cl)c(OC(C)Cn3cnnn3)c2)cn1. The maximum atomic E-state index is 12.8. The van der Waals surface area contributed by atoms with Gasteiger partial charge in [-0.2, -0.15) is 13.2 Å². The second kappa shape index (κ2) is 12.7. The molecule has 0 aliphatic carbocycles. The predicted molar refractivity (Wildman–Crippen MR) is 152 cm³/mol. The standard InChI is InChI=1S/C27H27ClF3N9O3/c1-17(15-40-16-34-36-37-40)43-23-11-18(3-5-21(23)28)19-13-32-26(33-14-19)35-22-6-4-20(12-24(22)42-2)38-7-9-39(10-8-38)25(41)27(29,30)31/h3-6,11-14,16-17H,7-10,15H2,1-2H3,(H,32,33,35). The number of anilines is 3. The number of methoxy groups -OCH3 is 1. The fourth-order valence-electron chi connectivity index (χ4n) is 4.54. The zero-order valence-electron chi connectivity index (χ0n) is 23.1. The van der Waals surface area contributed by atoms with Crippen LogP contribution in [0.2, 0.25) is 5.02 Å². The Labute approximate surface area is 249 Å². The summed E-state index contributed by atoms with van der Waals surface area (Å²) in [4.78, 5) is 23.1. The molecule has 0 bridgehead atoms. The number of nitrogens with zero attached hydrogens (tertiary/aromatic N) is 8. The van der Waals surface area contributed by atoms with Gasteiger partial charge in [-0.1, -0.05) is 17.7 Å². The number of carbonyl (C=O) groups is 1. The van der Waals surface area contributed by atoms with Crippen LogP contribution in [0.4, 0.5) is 30.5 Å². The van der Waals surface area contributed by atoms with E-state index in [4.69, 9.17) is 21.1 Å². The number of amides is 1. The lowest BCUT2D eigenvalue weighted by molar-refractivity contribution is -0.185. The number of hydrogen-bond donors (Lipinski definition) is 1. The Kier molecular flexibility index (Phi) is 8.80. The number of carbonyl (C=O) groups excluding carboxylic acids is 1. The maximum Gasteiger partial charge on any atom is 0.471 e. The first kappa shape index (κ1) is 29.8. The Balaban J connectivity index is 1.23.